The van der Waals surface area contributed by atoms with Crippen molar-refractivity contribution in [3.8, 4) is 28.5 Å². The molecule has 0 saturated carbocycles. The molecule has 1 fully saturated rings. The van der Waals surface area contributed by atoms with Gasteiger partial charge in [-0.2, -0.15) is 0 Å². The van der Waals surface area contributed by atoms with Gasteiger partial charge in [0.25, 0.3) is 0 Å². The number of methoxy groups -OCH3 is 3. The molecular weight excluding hydrogens is 316 g/mol. The van der Waals surface area contributed by atoms with E-state index in [0.717, 1.165) is 17.8 Å². The van der Waals surface area contributed by atoms with Crippen LogP contribution in [0.5, 0.6) is 17.2 Å². The Morgan fingerprint density at radius 1 is 0.920 bits per heavy atom. The molecule has 0 atom stereocenters. The number of hydrogen-bond acceptors (Lipinski definition) is 5. The van der Waals surface area contributed by atoms with E-state index in [-0.39, 0.29) is 0 Å². The van der Waals surface area contributed by atoms with Gasteiger partial charge in [0.05, 0.1) is 27.0 Å². The summed E-state index contributed by atoms with van der Waals surface area (Å²) in [6, 6.07) is 8.12. The van der Waals surface area contributed by atoms with E-state index in [1.807, 2.05) is 18.3 Å². The van der Waals surface area contributed by atoms with Crippen LogP contribution < -0.4 is 14.2 Å². The number of benzene rings is 1. The minimum atomic E-state index is 0.596. The van der Waals surface area contributed by atoms with Gasteiger partial charge in [0.15, 0.2) is 11.5 Å². The second kappa shape index (κ2) is 8.21. The van der Waals surface area contributed by atoms with Crippen molar-refractivity contribution in [1.82, 2.24) is 9.88 Å². The van der Waals surface area contributed by atoms with Crippen LogP contribution in [0.15, 0.2) is 30.5 Å². The summed E-state index contributed by atoms with van der Waals surface area (Å²) in [6.45, 7) is 3.34. The number of piperidine rings is 1. The number of hydrogen-bond donors (Lipinski definition) is 0. The van der Waals surface area contributed by atoms with Crippen LogP contribution in [-0.2, 0) is 6.54 Å². The molecule has 2 aromatic rings. The van der Waals surface area contributed by atoms with Crippen LogP contribution in [0.3, 0.4) is 0 Å². The fourth-order valence-corrected chi connectivity index (χ4v) is 3.34. The molecule has 0 spiro atoms. The highest BCUT2D eigenvalue weighted by atomic mass is 16.5. The average Bonchev–Trinajstić information content (AvgIpc) is 2.67. The number of ether oxygens (including phenoxy) is 3. The summed E-state index contributed by atoms with van der Waals surface area (Å²) < 4.78 is 16.3. The fraction of sp³-hybridized carbons (Fsp3) is 0.450. The zero-order valence-corrected chi connectivity index (χ0v) is 15.2. The molecule has 0 radical (unpaired) electrons. The summed E-state index contributed by atoms with van der Waals surface area (Å²) in [6.07, 6.45) is 5.82. The molecule has 3 rings (SSSR count). The standard InChI is InChI=1S/C20H26N2O3/c1-23-18-12-16(13-19(24-2)20(18)25-3)17-11-15(7-8-21-17)14-22-9-5-4-6-10-22/h7-8,11-13H,4-6,9-10,14H2,1-3H3. The highest BCUT2D eigenvalue weighted by molar-refractivity contribution is 5.69. The largest absolute Gasteiger partial charge is 0.493 e. The van der Waals surface area contributed by atoms with Gasteiger partial charge in [-0.25, -0.2) is 0 Å². The molecule has 0 N–H and O–H groups in total. The van der Waals surface area contributed by atoms with E-state index in [4.69, 9.17) is 14.2 Å². The summed E-state index contributed by atoms with van der Waals surface area (Å²) >= 11 is 0. The smallest absolute Gasteiger partial charge is 0.203 e. The van der Waals surface area contributed by atoms with Gasteiger partial charge in [0.1, 0.15) is 0 Å². The third-order valence-corrected chi connectivity index (χ3v) is 4.64. The molecule has 2 heterocycles. The zero-order chi connectivity index (χ0) is 17.6. The molecule has 134 valence electrons. The van der Waals surface area contributed by atoms with E-state index in [1.165, 1.54) is 37.9 Å². The van der Waals surface area contributed by atoms with Gasteiger partial charge < -0.3 is 14.2 Å². The minimum Gasteiger partial charge on any atom is -0.493 e. The quantitative estimate of drug-likeness (QED) is 0.800. The normalized spacial score (nSPS) is 15.0. The first kappa shape index (κ1) is 17.5. The number of pyridine rings is 1. The van der Waals surface area contributed by atoms with Gasteiger partial charge in [-0.3, -0.25) is 9.88 Å². The number of likely N-dealkylation sites (tertiary alicyclic amines) is 1. The van der Waals surface area contributed by atoms with Crippen LogP contribution in [0.1, 0.15) is 24.8 Å². The van der Waals surface area contributed by atoms with Crippen molar-refractivity contribution in [3.63, 3.8) is 0 Å². The summed E-state index contributed by atoms with van der Waals surface area (Å²) in [5.41, 5.74) is 3.14. The van der Waals surface area contributed by atoms with Crippen LogP contribution in [0.4, 0.5) is 0 Å². The van der Waals surface area contributed by atoms with E-state index < -0.39 is 0 Å². The Kier molecular flexibility index (Phi) is 5.76. The Bertz CT molecular complexity index is 687. The lowest BCUT2D eigenvalue weighted by Gasteiger charge is -2.26. The minimum absolute atomic E-state index is 0.596. The van der Waals surface area contributed by atoms with Crippen molar-refractivity contribution in [2.75, 3.05) is 34.4 Å². The van der Waals surface area contributed by atoms with Gasteiger partial charge in [0.2, 0.25) is 5.75 Å². The van der Waals surface area contributed by atoms with Crippen molar-refractivity contribution in [1.29, 1.82) is 0 Å². The molecule has 25 heavy (non-hydrogen) atoms. The van der Waals surface area contributed by atoms with Crippen molar-refractivity contribution >= 4 is 0 Å². The Labute approximate surface area is 149 Å². The van der Waals surface area contributed by atoms with Crippen LogP contribution >= 0.6 is 0 Å². The van der Waals surface area contributed by atoms with E-state index in [9.17, 15) is 0 Å². The van der Waals surface area contributed by atoms with Gasteiger partial charge >= 0.3 is 0 Å². The van der Waals surface area contributed by atoms with Gasteiger partial charge in [-0.15, -0.1) is 0 Å². The molecule has 0 amide bonds. The van der Waals surface area contributed by atoms with Gasteiger partial charge in [0, 0.05) is 18.3 Å². The lowest BCUT2D eigenvalue weighted by Crippen LogP contribution is -2.29. The van der Waals surface area contributed by atoms with Crippen LogP contribution in [0, 0.1) is 0 Å². The maximum absolute atomic E-state index is 5.45. The molecule has 0 unspecified atom stereocenters. The fourth-order valence-electron chi connectivity index (χ4n) is 3.34. The molecule has 0 bridgehead atoms. The Hall–Kier alpha value is -2.27. The number of nitrogens with zero attached hydrogens (tertiary/aromatic N) is 2. The van der Waals surface area contributed by atoms with Gasteiger partial charge in [-0.05, 0) is 55.8 Å². The topological polar surface area (TPSA) is 43.8 Å². The van der Waals surface area contributed by atoms with Crippen LogP contribution in [0.2, 0.25) is 0 Å². The van der Waals surface area contributed by atoms with Crippen molar-refractivity contribution in [3.05, 3.63) is 36.0 Å². The highest BCUT2D eigenvalue weighted by Crippen LogP contribution is 2.40. The lowest BCUT2D eigenvalue weighted by molar-refractivity contribution is 0.221. The third kappa shape index (κ3) is 4.04. The maximum Gasteiger partial charge on any atom is 0.203 e. The summed E-state index contributed by atoms with van der Waals surface area (Å²) in [5.74, 6) is 1.87. The molecule has 1 aromatic carbocycles. The lowest BCUT2D eigenvalue weighted by atomic mass is 10.1. The Morgan fingerprint density at radius 3 is 2.20 bits per heavy atom. The first-order valence-corrected chi connectivity index (χ1v) is 8.73. The summed E-state index contributed by atoms with van der Waals surface area (Å²) in [4.78, 5) is 7.05. The van der Waals surface area contributed by atoms with Gasteiger partial charge in [-0.1, -0.05) is 6.42 Å². The summed E-state index contributed by atoms with van der Waals surface area (Å²) in [7, 11) is 4.86. The first-order valence-electron chi connectivity index (χ1n) is 8.73. The summed E-state index contributed by atoms with van der Waals surface area (Å²) in [5, 5.41) is 0. The van der Waals surface area contributed by atoms with Crippen molar-refractivity contribution < 1.29 is 14.2 Å². The van der Waals surface area contributed by atoms with Crippen molar-refractivity contribution in [2.24, 2.45) is 0 Å². The van der Waals surface area contributed by atoms with Crippen LogP contribution in [-0.4, -0.2) is 44.3 Å². The van der Waals surface area contributed by atoms with E-state index >= 15 is 0 Å². The Balaban J connectivity index is 1.89. The molecule has 5 heteroatoms. The average molecular weight is 342 g/mol. The molecule has 5 nitrogen and oxygen atoms in total. The van der Waals surface area contributed by atoms with Crippen LogP contribution in [0.25, 0.3) is 11.3 Å². The monoisotopic (exact) mass is 342 g/mol. The van der Waals surface area contributed by atoms with Crippen molar-refractivity contribution in [2.45, 2.75) is 25.8 Å². The SMILES string of the molecule is COc1cc(-c2cc(CN3CCCCC3)ccn2)cc(OC)c1OC. The van der Waals surface area contributed by atoms with E-state index in [0.29, 0.717) is 17.2 Å². The second-order valence-electron chi connectivity index (χ2n) is 6.30. The predicted octanol–water partition coefficient (Wildman–Crippen LogP) is 3.76. The second-order valence-corrected chi connectivity index (χ2v) is 6.30. The predicted molar refractivity (Wildman–Crippen MR) is 98.5 cm³/mol. The molecule has 1 aromatic heterocycles. The van der Waals surface area contributed by atoms with E-state index in [2.05, 4.69) is 22.0 Å². The molecule has 1 aliphatic heterocycles. The number of aromatic nitrogens is 1. The van der Waals surface area contributed by atoms with E-state index in [1.54, 1.807) is 21.3 Å². The zero-order valence-electron chi connectivity index (χ0n) is 15.2. The Morgan fingerprint density at radius 2 is 1.60 bits per heavy atom. The molecule has 1 saturated heterocycles. The number of rotatable bonds is 6. The molecule has 0 aliphatic carbocycles. The molecular formula is C20H26N2O3. The highest BCUT2D eigenvalue weighted by Gasteiger charge is 2.15. The third-order valence-electron chi connectivity index (χ3n) is 4.64. The maximum atomic E-state index is 5.45. The molecule has 1 aliphatic rings. The first-order chi connectivity index (χ1) is 12.2.